The normalized spacial score (nSPS) is 14.1. The number of anilines is 1. The number of furan rings is 1. The van der Waals surface area contributed by atoms with Crippen LogP contribution in [0.4, 0.5) is 11.4 Å². The Labute approximate surface area is 188 Å². The lowest BCUT2D eigenvalue weighted by Crippen LogP contribution is -2.48. The van der Waals surface area contributed by atoms with Crippen molar-refractivity contribution in [2.45, 2.75) is 0 Å². The summed E-state index contributed by atoms with van der Waals surface area (Å²) < 4.78 is 5.88. The van der Waals surface area contributed by atoms with E-state index < -0.39 is 4.92 Å². The van der Waals surface area contributed by atoms with Crippen molar-refractivity contribution >= 4 is 51.8 Å². The highest BCUT2D eigenvalue weighted by molar-refractivity contribution is 7.80. The molecule has 0 amide bonds. The van der Waals surface area contributed by atoms with Crippen molar-refractivity contribution in [1.82, 2.24) is 4.90 Å². The topological polar surface area (TPSA) is 62.8 Å². The number of nitro groups is 1. The largest absolute Gasteiger partial charge is 0.453 e. The van der Waals surface area contributed by atoms with Crippen LogP contribution in [0.15, 0.2) is 59.0 Å². The fourth-order valence-electron chi connectivity index (χ4n) is 3.44. The predicted molar refractivity (Wildman–Crippen MR) is 123 cm³/mol. The minimum absolute atomic E-state index is 0.106. The molecule has 3 aromatic rings. The zero-order valence-corrected chi connectivity index (χ0v) is 18.1. The fraction of sp³-hybridized carbons (Fsp3) is 0.190. The lowest BCUT2D eigenvalue weighted by Gasteiger charge is -2.37. The molecule has 6 nitrogen and oxygen atoms in total. The van der Waals surface area contributed by atoms with Gasteiger partial charge in [-0.2, -0.15) is 0 Å². The predicted octanol–water partition coefficient (Wildman–Crippen LogP) is 5.66. The van der Waals surface area contributed by atoms with Gasteiger partial charge in [-0.3, -0.25) is 10.1 Å². The summed E-state index contributed by atoms with van der Waals surface area (Å²) in [5.74, 6) is 0.903. The van der Waals surface area contributed by atoms with Crippen LogP contribution in [-0.2, 0) is 0 Å². The van der Waals surface area contributed by atoms with Gasteiger partial charge in [0.15, 0.2) is 5.76 Å². The van der Waals surface area contributed by atoms with Crippen LogP contribution in [0.1, 0.15) is 5.76 Å². The second kappa shape index (κ2) is 8.63. The number of piperazine rings is 1. The zero-order valence-electron chi connectivity index (χ0n) is 15.8. The third-order valence-corrected chi connectivity index (χ3v) is 5.94. The molecule has 0 aliphatic carbocycles. The Morgan fingerprint density at radius 2 is 1.63 bits per heavy atom. The number of rotatable bonds is 4. The molecule has 30 heavy (non-hydrogen) atoms. The molecule has 0 N–H and O–H groups in total. The van der Waals surface area contributed by atoms with E-state index in [0.717, 1.165) is 31.9 Å². The molecule has 4 rings (SSSR count). The van der Waals surface area contributed by atoms with E-state index in [0.29, 0.717) is 32.1 Å². The molecule has 154 valence electrons. The number of benzene rings is 2. The van der Waals surface area contributed by atoms with Crippen LogP contribution in [0.2, 0.25) is 10.0 Å². The van der Waals surface area contributed by atoms with Crippen LogP contribution < -0.4 is 4.90 Å². The molecule has 0 radical (unpaired) electrons. The first-order valence-electron chi connectivity index (χ1n) is 9.26. The molecule has 1 saturated heterocycles. The van der Waals surface area contributed by atoms with E-state index >= 15 is 0 Å². The summed E-state index contributed by atoms with van der Waals surface area (Å²) in [5, 5.41) is 12.4. The number of thiocarbonyl (C=S) groups is 1. The van der Waals surface area contributed by atoms with Crippen LogP contribution in [-0.4, -0.2) is 41.0 Å². The molecule has 0 spiro atoms. The maximum absolute atomic E-state index is 11.4. The third-order valence-electron chi connectivity index (χ3n) is 5.00. The van der Waals surface area contributed by atoms with Gasteiger partial charge in [-0.15, -0.1) is 0 Å². The number of hydrogen-bond acceptors (Lipinski definition) is 5. The average molecular weight is 462 g/mol. The molecule has 1 fully saturated rings. The van der Waals surface area contributed by atoms with Crippen molar-refractivity contribution in [1.29, 1.82) is 0 Å². The van der Waals surface area contributed by atoms with Gasteiger partial charge in [-0.1, -0.05) is 35.4 Å². The molecular weight excluding hydrogens is 445 g/mol. The second-order valence-corrected chi connectivity index (χ2v) is 8.10. The Balaban J connectivity index is 1.47. The fourth-order valence-corrected chi connectivity index (χ4v) is 4.02. The number of halogens is 2. The Morgan fingerprint density at radius 3 is 2.30 bits per heavy atom. The summed E-state index contributed by atoms with van der Waals surface area (Å²) in [5.41, 5.74) is 1.39. The Kier molecular flexibility index (Phi) is 5.94. The van der Waals surface area contributed by atoms with E-state index in [4.69, 9.17) is 39.8 Å². The minimum Gasteiger partial charge on any atom is -0.453 e. The molecular formula is C21H17Cl2N3O3S. The average Bonchev–Trinajstić information content (AvgIpc) is 3.24. The van der Waals surface area contributed by atoms with Gasteiger partial charge in [0.1, 0.15) is 10.7 Å². The Morgan fingerprint density at radius 1 is 0.967 bits per heavy atom. The highest BCUT2D eigenvalue weighted by Gasteiger charge is 2.24. The van der Waals surface area contributed by atoms with Gasteiger partial charge in [0, 0.05) is 48.0 Å². The van der Waals surface area contributed by atoms with Crippen LogP contribution in [0.25, 0.3) is 11.3 Å². The molecule has 2 heterocycles. The lowest BCUT2D eigenvalue weighted by molar-refractivity contribution is -0.384. The molecule has 1 aromatic heterocycles. The van der Waals surface area contributed by atoms with Crippen molar-refractivity contribution in [3.05, 3.63) is 80.5 Å². The van der Waals surface area contributed by atoms with Crippen molar-refractivity contribution in [3.63, 3.8) is 0 Å². The van der Waals surface area contributed by atoms with Gasteiger partial charge in [0.05, 0.1) is 10.5 Å². The third kappa shape index (κ3) is 4.28. The smallest absolute Gasteiger partial charge is 0.281 e. The molecule has 9 heteroatoms. The number of nitrogens with zero attached hydrogens (tertiary/aromatic N) is 3. The summed E-state index contributed by atoms with van der Waals surface area (Å²) in [6.07, 6.45) is 0. The summed E-state index contributed by atoms with van der Waals surface area (Å²) in [6, 6.07) is 15.7. The maximum atomic E-state index is 11.4. The Hall–Kier alpha value is -2.61. The first-order chi connectivity index (χ1) is 14.4. The van der Waals surface area contributed by atoms with E-state index in [9.17, 15) is 10.1 Å². The molecule has 0 unspecified atom stereocenters. The number of nitro benzene ring substituents is 1. The van der Waals surface area contributed by atoms with E-state index in [1.165, 1.54) is 6.07 Å². The van der Waals surface area contributed by atoms with E-state index in [-0.39, 0.29) is 5.69 Å². The molecule has 0 atom stereocenters. The van der Waals surface area contributed by atoms with Gasteiger partial charge in [-0.25, -0.2) is 0 Å². The lowest BCUT2D eigenvalue weighted by atomic mass is 10.1. The van der Waals surface area contributed by atoms with Crippen LogP contribution in [0.5, 0.6) is 0 Å². The van der Waals surface area contributed by atoms with E-state index in [1.54, 1.807) is 24.3 Å². The zero-order chi connectivity index (χ0) is 21.3. The van der Waals surface area contributed by atoms with Gasteiger partial charge in [0.25, 0.3) is 5.69 Å². The van der Waals surface area contributed by atoms with Gasteiger partial charge < -0.3 is 14.2 Å². The van der Waals surface area contributed by atoms with Crippen LogP contribution >= 0.6 is 35.4 Å². The van der Waals surface area contributed by atoms with Crippen molar-refractivity contribution < 1.29 is 9.34 Å². The SMILES string of the molecule is O=[N+]([O-])c1cc(Cl)ccc1-c1ccc(C(=S)N2CCN(c3ccc(Cl)cc3)CC2)o1. The van der Waals surface area contributed by atoms with Gasteiger partial charge >= 0.3 is 0 Å². The van der Waals surface area contributed by atoms with Gasteiger partial charge in [0.2, 0.25) is 0 Å². The minimum atomic E-state index is -0.474. The molecule has 1 aliphatic heterocycles. The van der Waals surface area contributed by atoms with Crippen molar-refractivity contribution in [2.75, 3.05) is 31.1 Å². The van der Waals surface area contributed by atoms with Crippen LogP contribution in [0, 0.1) is 10.1 Å². The van der Waals surface area contributed by atoms with Crippen molar-refractivity contribution in [2.24, 2.45) is 0 Å². The highest BCUT2D eigenvalue weighted by Crippen LogP contribution is 2.33. The van der Waals surface area contributed by atoms with Crippen LogP contribution in [0.3, 0.4) is 0 Å². The number of hydrogen-bond donors (Lipinski definition) is 0. The first-order valence-corrected chi connectivity index (χ1v) is 10.4. The quantitative estimate of drug-likeness (QED) is 0.283. The highest BCUT2D eigenvalue weighted by atomic mass is 35.5. The first kappa shape index (κ1) is 20.7. The van der Waals surface area contributed by atoms with E-state index in [1.807, 2.05) is 24.3 Å². The molecule has 0 saturated carbocycles. The molecule has 2 aromatic carbocycles. The van der Waals surface area contributed by atoms with Gasteiger partial charge in [-0.05, 0) is 48.5 Å². The summed E-state index contributed by atoms with van der Waals surface area (Å²) in [7, 11) is 0. The summed E-state index contributed by atoms with van der Waals surface area (Å²) in [4.78, 5) is 15.8. The molecule has 0 bridgehead atoms. The monoisotopic (exact) mass is 461 g/mol. The maximum Gasteiger partial charge on any atom is 0.281 e. The summed E-state index contributed by atoms with van der Waals surface area (Å²) in [6.45, 7) is 3.13. The van der Waals surface area contributed by atoms with E-state index in [2.05, 4.69) is 9.80 Å². The standard InChI is InChI=1S/C21H17Cl2N3O3S/c22-14-1-4-16(5-2-14)24-9-11-25(12-10-24)21(30)20-8-7-19(29-20)17-6-3-15(23)13-18(17)26(27)28/h1-8,13H,9-12H2. The summed E-state index contributed by atoms with van der Waals surface area (Å²) >= 11 is 17.5. The molecule has 1 aliphatic rings. The Bertz CT molecular complexity index is 1090. The second-order valence-electron chi connectivity index (χ2n) is 6.84. The van der Waals surface area contributed by atoms with Crippen molar-refractivity contribution in [3.8, 4) is 11.3 Å².